The van der Waals surface area contributed by atoms with Crippen LogP contribution in [0.4, 0.5) is 13.2 Å². The van der Waals surface area contributed by atoms with Gasteiger partial charge < -0.3 is 24.8 Å². The van der Waals surface area contributed by atoms with E-state index in [1.807, 2.05) is 91.0 Å². The smallest absolute Gasteiger partial charge is 0.392 e. The number of carbonyl (C=O) groups excluding carboxylic acids is 2. The molecule has 2 saturated heterocycles. The monoisotopic (exact) mass is 715 g/mol. The van der Waals surface area contributed by atoms with Crippen molar-refractivity contribution in [2.45, 2.75) is 70.2 Å². The van der Waals surface area contributed by atoms with Crippen LogP contribution >= 0.6 is 0 Å². The van der Waals surface area contributed by atoms with Gasteiger partial charge in [-0.3, -0.25) is 14.5 Å². The summed E-state index contributed by atoms with van der Waals surface area (Å²) in [4.78, 5) is 27.5. The first-order valence-corrected chi connectivity index (χ1v) is 17.6. The van der Waals surface area contributed by atoms with Gasteiger partial charge in [-0.05, 0) is 59.3 Å². The molecule has 4 aromatic rings. The number of likely N-dealkylation sites (N-methyl/N-ethyl adjacent to an activating group) is 1. The maximum absolute atomic E-state index is 13.0. The lowest BCUT2D eigenvalue weighted by atomic mass is 9.90. The first-order chi connectivity index (χ1) is 25.0. The molecule has 2 aliphatic rings. The number of aliphatic hydroxyl groups is 1. The third kappa shape index (κ3) is 8.90. The lowest BCUT2D eigenvalue weighted by Gasteiger charge is -2.42. The molecule has 5 unspecified atom stereocenters. The largest absolute Gasteiger partial charge is 0.471 e. The number of ether oxygens (including phenoxy) is 2. The van der Waals surface area contributed by atoms with E-state index in [-0.39, 0.29) is 44.2 Å². The van der Waals surface area contributed by atoms with Crippen LogP contribution in [0.1, 0.15) is 60.0 Å². The molecule has 2 aliphatic heterocycles. The molecule has 0 spiro atoms. The summed E-state index contributed by atoms with van der Waals surface area (Å²) in [6.07, 6.45) is -5.48. The molecule has 5 atom stereocenters. The van der Waals surface area contributed by atoms with Crippen LogP contribution in [0.5, 0.6) is 0 Å². The van der Waals surface area contributed by atoms with E-state index < -0.39 is 30.3 Å². The van der Waals surface area contributed by atoms with Gasteiger partial charge in [-0.2, -0.15) is 13.2 Å². The third-order valence-electron chi connectivity index (χ3n) is 9.88. The van der Waals surface area contributed by atoms with Gasteiger partial charge in [0.05, 0.1) is 18.8 Å². The Balaban J connectivity index is 1.14. The number of carbonyl (C=O) groups is 2. The molecule has 11 heteroatoms. The van der Waals surface area contributed by atoms with Gasteiger partial charge in [-0.15, -0.1) is 0 Å². The van der Waals surface area contributed by atoms with Crippen molar-refractivity contribution >= 4 is 11.8 Å². The summed E-state index contributed by atoms with van der Waals surface area (Å²) >= 11 is 0. The number of aliphatic hydroxyl groups excluding tert-OH is 1. The molecule has 0 saturated carbocycles. The molecule has 6 rings (SSSR count). The number of rotatable bonds is 11. The maximum Gasteiger partial charge on any atom is 0.471 e. The van der Waals surface area contributed by atoms with Gasteiger partial charge in [0.15, 0.2) is 6.29 Å². The fourth-order valence-corrected chi connectivity index (χ4v) is 7.04. The van der Waals surface area contributed by atoms with Crippen molar-refractivity contribution in [1.82, 2.24) is 15.1 Å². The zero-order chi connectivity index (χ0) is 36.8. The lowest BCUT2D eigenvalue weighted by molar-refractivity contribution is -0.276. The van der Waals surface area contributed by atoms with E-state index in [1.165, 1.54) is 5.56 Å². The second-order valence-corrected chi connectivity index (χ2v) is 13.7. The Bertz CT molecular complexity index is 1800. The molecule has 2 amide bonds. The minimum absolute atomic E-state index is 0.0311. The second-order valence-electron chi connectivity index (χ2n) is 13.7. The second kappa shape index (κ2) is 16.4. The fourth-order valence-electron chi connectivity index (χ4n) is 7.04. The van der Waals surface area contributed by atoms with E-state index in [4.69, 9.17) is 9.47 Å². The van der Waals surface area contributed by atoms with Crippen LogP contribution in [0, 0.1) is 5.92 Å². The van der Waals surface area contributed by atoms with Gasteiger partial charge in [0, 0.05) is 37.7 Å². The average molecular weight is 716 g/mol. The number of hydrogen-bond donors (Lipinski definition) is 2. The van der Waals surface area contributed by atoms with Crippen LogP contribution in [-0.4, -0.2) is 65.2 Å². The Hall–Kier alpha value is -4.55. The van der Waals surface area contributed by atoms with Gasteiger partial charge in [-0.25, -0.2) is 0 Å². The van der Waals surface area contributed by atoms with Crippen LogP contribution in [-0.2, 0) is 38.8 Å². The van der Waals surface area contributed by atoms with Gasteiger partial charge in [0.25, 0.3) is 0 Å². The molecule has 0 aliphatic carbocycles. The Kier molecular flexibility index (Phi) is 11.7. The Morgan fingerprint density at radius 3 is 2.25 bits per heavy atom. The molecule has 0 aromatic heterocycles. The molecule has 2 fully saturated rings. The highest BCUT2D eigenvalue weighted by Gasteiger charge is 2.47. The van der Waals surface area contributed by atoms with E-state index in [9.17, 15) is 27.9 Å². The lowest BCUT2D eigenvalue weighted by Crippen LogP contribution is -2.50. The molecular weight excluding hydrogens is 671 g/mol. The number of amides is 2. The van der Waals surface area contributed by atoms with Crippen LogP contribution < -0.4 is 5.32 Å². The van der Waals surface area contributed by atoms with Crippen LogP contribution in [0.25, 0.3) is 11.1 Å². The minimum Gasteiger partial charge on any atom is -0.392 e. The number of nitrogens with one attached hydrogen (secondary N) is 1. The third-order valence-corrected chi connectivity index (χ3v) is 9.88. The number of benzene rings is 4. The summed E-state index contributed by atoms with van der Waals surface area (Å²) in [6.45, 7) is 3.60. The molecule has 0 bridgehead atoms. The van der Waals surface area contributed by atoms with Crippen molar-refractivity contribution in [3.05, 3.63) is 131 Å². The Morgan fingerprint density at radius 2 is 1.56 bits per heavy atom. The van der Waals surface area contributed by atoms with Crippen molar-refractivity contribution in [3.63, 3.8) is 0 Å². The summed E-state index contributed by atoms with van der Waals surface area (Å²) < 4.78 is 52.4. The highest BCUT2D eigenvalue weighted by molar-refractivity contribution is 5.90. The van der Waals surface area contributed by atoms with E-state index in [2.05, 4.69) is 36.3 Å². The highest BCUT2D eigenvalue weighted by Crippen LogP contribution is 2.42. The molecule has 8 nitrogen and oxygen atoms in total. The summed E-state index contributed by atoms with van der Waals surface area (Å²) in [6, 6.07) is 32.5. The zero-order valence-electron chi connectivity index (χ0n) is 29.3. The molecule has 4 aromatic carbocycles. The van der Waals surface area contributed by atoms with E-state index in [1.54, 1.807) is 0 Å². The summed E-state index contributed by atoms with van der Waals surface area (Å²) in [7, 11) is 2.09. The number of likely N-dealkylation sites (tertiary alicyclic amines) is 1. The van der Waals surface area contributed by atoms with Gasteiger partial charge in [0.1, 0.15) is 6.04 Å². The van der Waals surface area contributed by atoms with Gasteiger partial charge in [-0.1, -0.05) is 104 Å². The Labute approximate surface area is 302 Å². The first-order valence-electron chi connectivity index (χ1n) is 17.6. The number of halogens is 3. The van der Waals surface area contributed by atoms with Crippen molar-refractivity contribution in [3.8, 4) is 11.1 Å². The van der Waals surface area contributed by atoms with Crippen molar-refractivity contribution in [2.75, 3.05) is 20.1 Å². The summed E-state index contributed by atoms with van der Waals surface area (Å²) in [5, 5.41) is 12.3. The normalized spacial score (nSPS) is 22.1. The summed E-state index contributed by atoms with van der Waals surface area (Å²) in [5.41, 5.74) is 6.52. The van der Waals surface area contributed by atoms with Crippen LogP contribution in [0.2, 0.25) is 0 Å². The SMILES string of the molecule is CC1C(CN(C)Cc2ccccc2)OC(c2ccc(-c3cccc(CNC(=O)C4CCCN4C(=O)C(F)(F)F)c3)cc2)OC1c1ccc(CO)cc1. The van der Waals surface area contributed by atoms with Crippen molar-refractivity contribution < 1.29 is 37.3 Å². The standard InChI is InChI=1S/C41H44F3N3O5/c1-27-36(25-46(2)24-28-8-4-3-5-9-28)51-39(52-37(27)32-15-13-29(26-48)14-16-32)33-19-17-31(18-20-33)34-11-6-10-30(22-34)23-45-38(49)35-12-7-21-47(35)40(50)41(42,43)44/h3-6,8-11,13-20,22,27,35-37,39,48H,7,12,21,23-26H2,1-2H3,(H,45,49). The van der Waals surface area contributed by atoms with Crippen molar-refractivity contribution in [2.24, 2.45) is 5.92 Å². The van der Waals surface area contributed by atoms with E-state index in [0.717, 1.165) is 39.9 Å². The number of nitrogens with zero attached hydrogens (tertiary/aromatic N) is 2. The average Bonchev–Trinajstić information content (AvgIpc) is 3.65. The van der Waals surface area contributed by atoms with E-state index >= 15 is 0 Å². The van der Waals surface area contributed by atoms with Crippen LogP contribution in [0.3, 0.4) is 0 Å². The predicted molar refractivity (Wildman–Crippen MR) is 190 cm³/mol. The highest BCUT2D eigenvalue weighted by atomic mass is 19.4. The summed E-state index contributed by atoms with van der Waals surface area (Å²) in [5.74, 6) is -2.54. The van der Waals surface area contributed by atoms with Crippen molar-refractivity contribution in [1.29, 1.82) is 0 Å². The number of hydrogen-bond acceptors (Lipinski definition) is 6. The topological polar surface area (TPSA) is 91.3 Å². The van der Waals surface area contributed by atoms with Gasteiger partial charge in [0.2, 0.25) is 5.91 Å². The number of alkyl halides is 3. The fraction of sp³-hybridized carbons (Fsp3) is 0.366. The quantitative estimate of drug-likeness (QED) is 0.175. The van der Waals surface area contributed by atoms with E-state index in [0.29, 0.717) is 17.9 Å². The minimum atomic E-state index is -5.02. The molecule has 2 N–H and O–H groups in total. The molecule has 0 radical (unpaired) electrons. The zero-order valence-corrected chi connectivity index (χ0v) is 29.3. The molecule has 52 heavy (non-hydrogen) atoms. The maximum atomic E-state index is 13.0. The molecule has 274 valence electrons. The molecular formula is C41H44F3N3O5. The Morgan fingerprint density at radius 1 is 0.865 bits per heavy atom. The van der Waals surface area contributed by atoms with Gasteiger partial charge >= 0.3 is 12.1 Å². The van der Waals surface area contributed by atoms with Crippen LogP contribution in [0.15, 0.2) is 103 Å². The first kappa shape index (κ1) is 37.2. The molecule has 2 heterocycles. The predicted octanol–water partition coefficient (Wildman–Crippen LogP) is 6.94.